The van der Waals surface area contributed by atoms with Crippen LogP contribution in [0.1, 0.15) is 17.6 Å². The van der Waals surface area contributed by atoms with E-state index >= 15 is 0 Å². The number of benzene rings is 1. The van der Waals surface area contributed by atoms with E-state index in [9.17, 15) is 0 Å². The molecule has 1 aromatic carbocycles. The lowest BCUT2D eigenvalue weighted by Crippen LogP contribution is -2.47. The van der Waals surface area contributed by atoms with E-state index < -0.39 is 0 Å². The Morgan fingerprint density at radius 1 is 1.33 bits per heavy atom. The molecule has 1 aliphatic rings. The van der Waals surface area contributed by atoms with Crippen LogP contribution in [0.4, 0.5) is 0 Å². The zero-order valence-corrected chi connectivity index (χ0v) is 19.7. The number of rotatable bonds is 4. The molecule has 0 saturated carbocycles. The minimum Gasteiger partial charge on any atom is -0.370 e. The second-order valence-electron chi connectivity index (χ2n) is 6.67. The Bertz CT molecular complexity index is 989. The van der Waals surface area contributed by atoms with Crippen molar-refractivity contribution in [2.45, 2.75) is 12.6 Å². The van der Waals surface area contributed by atoms with Crippen LogP contribution in [-0.2, 0) is 18.3 Å². The van der Waals surface area contributed by atoms with Crippen LogP contribution in [0.25, 0.3) is 11.4 Å². The van der Waals surface area contributed by atoms with Crippen molar-refractivity contribution in [2.24, 2.45) is 12.0 Å². The molecule has 160 valence electrons. The summed E-state index contributed by atoms with van der Waals surface area (Å²) in [5.74, 6) is 1.76. The van der Waals surface area contributed by atoms with Crippen LogP contribution in [-0.4, -0.2) is 57.5 Å². The first-order valence-corrected chi connectivity index (χ1v) is 9.64. The van der Waals surface area contributed by atoms with Gasteiger partial charge in [-0.15, -0.1) is 24.0 Å². The summed E-state index contributed by atoms with van der Waals surface area (Å²) in [6, 6.07) is 7.31. The molecule has 30 heavy (non-hydrogen) atoms. The Morgan fingerprint density at radius 2 is 2.13 bits per heavy atom. The van der Waals surface area contributed by atoms with Gasteiger partial charge in [-0.3, -0.25) is 9.67 Å². The van der Waals surface area contributed by atoms with Gasteiger partial charge in [-0.05, 0) is 24.3 Å². The highest BCUT2D eigenvalue weighted by molar-refractivity contribution is 14.0. The molecule has 1 aliphatic heterocycles. The molecule has 9 nitrogen and oxygen atoms in total. The molecule has 3 aromatic rings. The highest BCUT2D eigenvalue weighted by atomic mass is 127. The van der Waals surface area contributed by atoms with Gasteiger partial charge in [0.15, 0.2) is 5.96 Å². The summed E-state index contributed by atoms with van der Waals surface area (Å²) in [7, 11) is 3.65. The Morgan fingerprint density at radius 3 is 2.83 bits per heavy atom. The molecule has 0 aliphatic carbocycles. The van der Waals surface area contributed by atoms with Crippen molar-refractivity contribution >= 4 is 41.5 Å². The molecule has 1 saturated heterocycles. The molecule has 4 rings (SSSR count). The van der Waals surface area contributed by atoms with Crippen LogP contribution in [0.5, 0.6) is 0 Å². The molecule has 1 fully saturated rings. The Kier molecular flexibility index (Phi) is 7.67. The van der Waals surface area contributed by atoms with Gasteiger partial charge in [-0.2, -0.15) is 10.1 Å². The van der Waals surface area contributed by atoms with Gasteiger partial charge in [0.2, 0.25) is 11.7 Å². The number of guanidine groups is 1. The third-order valence-corrected chi connectivity index (χ3v) is 4.89. The average Bonchev–Trinajstić information content (AvgIpc) is 3.39. The Labute approximate surface area is 196 Å². The lowest BCUT2D eigenvalue weighted by atomic mass is 10.1. The van der Waals surface area contributed by atoms with Crippen molar-refractivity contribution < 1.29 is 9.26 Å². The van der Waals surface area contributed by atoms with E-state index in [1.807, 2.05) is 31.6 Å². The predicted molar refractivity (Wildman–Crippen MR) is 124 cm³/mol. The summed E-state index contributed by atoms with van der Waals surface area (Å²) < 4.78 is 13.0. The first-order valence-electron chi connectivity index (χ1n) is 9.26. The largest absolute Gasteiger partial charge is 0.370 e. The van der Waals surface area contributed by atoms with Crippen molar-refractivity contribution in [2.75, 3.05) is 26.7 Å². The quantitative estimate of drug-likeness (QED) is 0.307. The summed E-state index contributed by atoms with van der Waals surface area (Å²) in [5, 5.41) is 12.2. The van der Waals surface area contributed by atoms with Crippen molar-refractivity contribution in [1.29, 1.82) is 0 Å². The van der Waals surface area contributed by atoms with Gasteiger partial charge in [0.05, 0.1) is 25.9 Å². The van der Waals surface area contributed by atoms with Crippen LogP contribution in [0.2, 0.25) is 5.02 Å². The van der Waals surface area contributed by atoms with Crippen molar-refractivity contribution in [3.05, 3.63) is 53.1 Å². The van der Waals surface area contributed by atoms with Crippen LogP contribution in [0.15, 0.2) is 46.2 Å². The lowest BCUT2D eigenvalue weighted by Gasteiger charge is -2.34. The topological polar surface area (TPSA) is 93.6 Å². The van der Waals surface area contributed by atoms with E-state index in [1.165, 1.54) is 0 Å². The zero-order chi connectivity index (χ0) is 20.2. The number of aryl methyl sites for hydroxylation is 1. The SMILES string of the molecule is CN=C(NCc1nc(-c2ccc(Cl)cc2)no1)N1CCOC(c2cnn(C)c2)C1.I. The third-order valence-electron chi connectivity index (χ3n) is 4.64. The lowest BCUT2D eigenvalue weighted by molar-refractivity contribution is -0.00809. The van der Waals surface area contributed by atoms with Gasteiger partial charge in [0.1, 0.15) is 6.10 Å². The standard InChI is InChI=1S/C19H22ClN7O2.HI/c1-21-19(27-7-8-28-16(12-27)14-9-23-26(2)11-14)22-10-17-24-18(25-29-17)13-3-5-15(20)6-4-13;/h3-6,9,11,16H,7-8,10,12H2,1-2H3,(H,21,22);1H. The molecule has 11 heteroatoms. The van der Waals surface area contributed by atoms with Crippen LogP contribution >= 0.6 is 35.6 Å². The summed E-state index contributed by atoms with van der Waals surface area (Å²) >= 11 is 5.92. The van der Waals surface area contributed by atoms with Crippen LogP contribution in [0.3, 0.4) is 0 Å². The third kappa shape index (κ3) is 5.29. The van der Waals surface area contributed by atoms with E-state index in [-0.39, 0.29) is 30.1 Å². The minimum absolute atomic E-state index is 0. The molecular formula is C19H23ClIN7O2. The Hall–Kier alpha value is -2.18. The van der Waals surface area contributed by atoms with Crippen molar-refractivity contribution in [3.8, 4) is 11.4 Å². The number of aromatic nitrogens is 4. The second kappa shape index (κ2) is 10.2. The first kappa shape index (κ1) is 22.5. The monoisotopic (exact) mass is 543 g/mol. The maximum atomic E-state index is 5.92. The maximum absolute atomic E-state index is 5.92. The van der Waals surface area contributed by atoms with E-state index in [2.05, 4.69) is 30.4 Å². The average molecular weight is 544 g/mol. The molecule has 1 N–H and O–H groups in total. The van der Waals surface area contributed by atoms with Gasteiger partial charge in [-0.1, -0.05) is 16.8 Å². The maximum Gasteiger partial charge on any atom is 0.246 e. The molecule has 1 unspecified atom stereocenters. The highest BCUT2D eigenvalue weighted by Crippen LogP contribution is 2.22. The Balaban J connectivity index is 0.00000256. The number of nitrogens with one attached hydrogen (secondary N) is 1. The van der Waals surface area contributed by atoms with Gasteiger partial charge in [0, 0.05) is 43.0 Å². The zero-order valence-electron chi connectivity index (χ0n) is 16.7. The molecule has 0 bridgehead atoms. The molecule has 3 heterocycles. The minimum atomic E-state index is -0.0455. The van der Waals surface area contributed by atoms with E-state index in [0.717, 1.165) is 23.6 Å². The van der Waals surface area contributed by atoms with Gasteiger partial charge in [-0.25, -0.2) is 0 Å². The van der Waals surface area contributed by atoms with Crippen molar-refractivity contribution in [3.63, 3.8) is 0 Å². The number of halogens is 2. The molecule has 0 amide bonds. The van der Waals surface area contributed by atoms with E-state index in [1.54, 1.807) is 23.9 Å². The van der Waals surface area contributed by atoms with Gasteiger partial charge in [0.25, 0.3) is 0 Å². The smallest absolute Gasteiger partial charge is 0.246 e. The molecule has 0 radical (unpaired) electrons. The fourth-order valence-electron chi connectivity index (χ4n) is 3.18. The summed E-state index contributed by atoms with van der Waals surface area (Å²) in [4.78, 5) is 11.0. The summed E-state index contributed by atoms with van der Waals surface area (Å²) in [6.45, 7) is 2.42. The number of hydrogen-bond donors (Lipinski definition) is 1. The first-order chi connectivity index (χ1) is 14.1. The number of ether oxygens (including phenoxy) is 1. The number of morpholine rings is 1. The molecule has 2 aromatic heterocycles. The van der Waals surface area contributed by atoms with Gasteiger partial charge < -0.3 is 19.5 Å². The molecular weight excluding hydrogens is 521 g/mol. The predicted octanol–water partition coefficient (Wildman–Crippen LogP) is 2.89. The summed E-state index contributed by atoms with van der Waals surface area (Å²) in [5.41, 5.74) is 1.90. The fourth-order valence-corrected chi connectivity index (χ4v) is 3.31. The normalized spacial score (nSPS) is 17.0. The highest BCUT2D eigenvalue weighted by Gasteiger charge is 2.25. The van der Waals surface area contributed by atoms with Crippen LogP contribution < -0.4 is 5.32 Å². The van der Waals surface area contributed by atoms with Crippen molar-refractivity contribution in [1.82, 2.24) is 30.1 Å². The van der Waals surface area contributed by atoms with Crippen LogP contribution in [0, 0.1) is 0 Å². The number of nitrogens with zero attached hydrogens (tertiary/aromatic N) is 6. The molecule has 0 spiro atoms. The second-order valence-corrected chi connectivity index (χ2v) is 7.11. The summed E-state index contributed by atoms with van der Waals surface area (Å²) in [6.07, 6.45) is 3.76. The van der Waals surface area contributed by atoms with E-state index in [0.29, 0.717) is 36.4 Å². The van der Waals surface area contributed by atoms with Gasteiger partial charge >= 0.3 is 0 Å². The molecule has 1 atom stereocenters. The number of aliphatic imine (C=N–C) groups is 1. The fraction of sp³-hybridized carbons (Fsp3) is 0.368. The van der Waals surface area contributed by atoms with E-state index in [4.69, 9.17) is 20.9 Å². The number of hydrogen-bond acceptors (Lipinski definition) is 6.